The molecule has 4 aliphatic carbocycles. The molecule has 0 saturated heterocycles. The quantitative estimate of drug-likeness (QED) is 0.752. The third-order valence-corrected chi connectivity index (χ3v) is 8.49. The lowest BCUT2D eigenvalue weighted by Crippen LogP contribution is -2.52. The van der Waals surface area contributed by atoms with Crippen LogP contribution in [0, 0.1) is 34.5 Å². The van der Waals surface area contributed by atoms with Crippen molar-refractivity contribution in [2.45, 2.75) is 71.6 Å². The molecule has 0 aliphatic heterocycles. The number of hydrogen-bond donors (Lipinski definition) is 1. The van der Waals surface area contributed by atoms with Crippen LogP contribution in [0.2, 0.25) is 0 Å². The number of fused-ring (bicyclic) bond motifs is 5. The summed E-state index contributed by atoms with van der Waals surface area (Å²) in [5.41, 5.74) is 1.42. The zero-order valence-corrected chi connectivity index (χ0v) is 15.0. The van der Waals surface area contributed by atoms with Gasteiger partial charge in [-0.1, -0.05) is 25.5 Å². The third kappa shape index (κ3) is 2.23. The summed E-state index contributed by atoms with van der Waals surface area (Å²) < 4.78 is 0. The highest BCUT2D eigenvalue weighted by Crippen LogP contribution is 2.65. The van der Waals surface area contributed by atoms with Crippen LogP contribution < -0.4 is 0 Å². The van der Waals surface area contributed by atoms with Crippen LogP contribution >= 0.6 is 0 Å². The van der Waals surface area contributed by atoms with E-state index in [1.54, 1.807) is 0 Å². The fraction of sp³-hybridized carbons (Fsp3) is 0.810. The second-order valence-electron chi connectivity index (χ2n) is 9.42. The maximum absolute atomic E-state index is 12.4. The van der Waals surface area contributed by atoms with Crippen molar-refractivity contribution in [2.75, 3.05) is 0 Å². The van der Waals surface area contributed by atoms with Crippen LogP contribution in [0.25, 0.3) is 0 Å². The lowest BCUT2D eigenvalue weighted by atomic mass is 9.45. The molecule has 24 heavy (non-hydrogen) atoms. The molecule has 0 aromatic heterocycles. The van der Waals surface area contributed by atoms with Crippen molar-refractivity contribution in [3.05, 3.63) is 11.6 Å². The van der Waals surface area contributed by atoms with E-state index in [4.69, 9.17) is 5.11 Å². The highest BCUT2D eigenvalue weighted by atomic mass is 16.4. The van der Waals surface area contributed by atoms with Gasteiger partial charge in [0.2, 0.25) is 0 Å². The number of Topliss-reactive ketones (excluding diaryl/α,β-unsaturated/α-hetero) is 1. The molecule has 132 valence electrons. The normalized spacial score (nSPS) is 47.4. The second kappa shape index (κ2) is 5.44. The summed E-state index contributed by atoms with van der Waals surface area (Å²) in [5.74, 6) is 2.50. The second-order valence-corrected chi connectivity index (χ2v) is 9.42. The predicted octanol–water partition coefficient (Wildman–Crippen LogP) is 4.61. The third-order valence-electron chi connectivity index (χ3n) is 8.49. The van der Waals surface area contributed by atoms with E-state index in [1.165, 1.54) is 19.3 Å². The average Bonchev–Trinajstić information content (AvgIpc) is 2.83. The van der Waals surface area contributed by atoms with Gasteiger partial charge in [0, 0.05) is 11.8 Å². The Morgan fingerprint density at radius 3 is 2.75 bits per heavy atom. The predicted molar refractivity (Wildman–Crippen MR) is 92.5 cm³/mol. The van der Waals surface area contributed by atoms with E-state index < -0.39 is 5.97 Å². The number of ketones is 1. The van der Waals surface area contributed by atoms with Gasteiger partial charge in [0.25, 0.3) is 0 Å². The molecular weight excluding hydrogens is 300 g/mol. The van der Waals surface area contributed by atoms with E-state index in [-0.39, 0.29) is 11.8 Å². The number of carbonyl (C=O) groups excluding carboxylic acids is 1. The average molecular weight is 330 g/mol. The number of hydrogen-bond acceptors (Lipinski definition) is 2. The Bertz CT molecular complexity index is 606. The highest BCUT2D eigenvalue weighted by molar-refractivity contribution is 5.87. The first-order valence-electron chi connectivity index (χ1n) is 9.77. The smallest absolute Gasteiger partial charge is 0.307 e. The van der Waals surface area contributed by atoms with Gasteiger partial charge in [-0.25, -0.2) is 0 Å². The maximum atomic E-state index is 12.4. The van der Waals surface area contributed by atoms with Crippen molar-refractivity contribution in [1.29, 1.82) is 0 Å². The number of allylic oxidation sites excluding steroid dienone is 1. The van der Waals surface area contributed by atoms with Crippen molar-refractivity contribution in [3.63, 3.8) is 0 Å². The minimum atomic E-state index is -0.698. The van der Waals surface area contributed by atoms with Gasteiger partial charge in [-0.15, -0.1) is 0 Å². The zero-order chi connectivity index (χ0) is 17.1. The molecular formula is C21H30O3. The number of carbonyl (C=O) groups is 2. The first kappa shape index (κ1) is 16.4. The Labute approximate surface area is 144 Å². The van der Waals surface area contributed by atoms with Crippen molar-refractivity contribution in [3.8, 4) is 0 Å². The fourth-order valence-corrected chi connectivity index (χ4v) is 7.06. The van der Waals surface area contributed by atoms with Crippen LogP contribution in [0.3, 0.4) is 0 Å². The molecule has 3 fully saturated rings. The first-order chi connectivity index (χ1) is 11.3. The van der Waals surface area contributed by atoms with E-state index >= 15 is 0 Å². The van der Waals surface area contributed by atoms with Crippen LogP contribution in [-0.2, 0) is 9.59 Å². The van der Waals surface area contributed by atoms with Gasteiger partial charge in [0.05, 0.1) is 6.42 Å². The van der Waals surface area contributed by atoms with Crippen LogP contribution in [0.5, 0.6) is 0 Å². The molecule has 0 spiro atoms. The Morgan fingerprint density at radius 2 is 2.00 bits per heavy atom. The van der Waals surface area contributed by atoms with Crippen LogP contribution in [-0.4, -0.2) is 16.9 Å². The number of rotatable bonds is 2. The minimum absolute atomic E-state index is 0.0384. The molecule has 6 atom stereocenters. The van der Waals surface area contributed by atoms with Gasteiger partial charge in [0.15, 0.2) is 0 Å². The molecule has 4 aliphatic rings. The molecule has 3 saturated carbocycles. The van der Waals surface area contributed by atoms with E-state index in [2.05, 4.69) is 19.9 Å². The molecule has 1 N–H and O–H groups in total. The van der Waals surface area contributed by atoms with Crippen LogP contribution in [0.1, 0.15) is 71.6 Å². The topological polar surface area (TPSA) is 54.4 Å². The highest BCUT2D eigenvalue weighted by Gasteiger charge is 2.59. The Balaban J connectivity index is 1.59. The molecule has 0 radical (unpaired) electrons. The molecule has 0 heterocycles. The van der Waals surface area contributed by atoms with Crippen molar-refractivity contribution in [1.82, 2.24) is 0 Å². The molecule has 4 rings (SSSR count). The maximum Gasteiger partial charge on any atom is 0.307 e. The molecule has 0 aromatic carbocycles. The summed E-state index contributed by atoms with van der Waals surface area (Å²) in [6, 6.07) is 0. The number of aliphatic carboxylic acids is 1. The summed E-state index contributed by atoms with van der Waals surface area (Å²) >= 11 is 0. The Morgan fingerprint density at radius 1 is 1.21 bits per heavy atom. The SMILES string of the molecule is C[C@]12CC=C(CC(=O)O)C[C@@H]1CC[C@@H]1[C@@H]2CC[C@]2(C)C(=O)CC[C@@H]12. The molecule has 3 nitrogen and oxygen atoms in total. The molecule has 0 unspecified atom stereocenters. The van der Waals surface area contributed by atoms with Gasteiger partial charge in [-0.2, -0.15) is 0 Å². The van der Waals surface area contributed by atoms with Gasteiger partial charge in [-0.05, 0) is 74.0 Å². The molecule has 0 bridgehead atoms. The van der Waals surface area contributed by atoms with E-state index in [1.807, 2.05) is 0 Å². The summed E-state index contributed by atoms with van der Waals surface area (Å²) in [6.45, 7) is 4.70. The largest absolute Gasteiger partial charge is 0.481 e. The van der Waals surface area contributed by atoms with Crippen molar-refractivity contribution in [2.24, 2.45) is 34.5 Å². The number of carboxylic acid groups (broad SMARTS) is 1. The molecule has 0 amide bonds. The minimum Gasteiger partial charge on any atom is -0.481 e. The Hall–Kier alpha value is -1.12. The molecule has 3 heteroatoms. The number of carboxylic acids is 1. The standard InChI is InChI=1S/C21H30O3/c1-20-9-7-13(12-19(23)24)11-14(20)3-4-15-16-5-6-18(22)21(16,2)10-8-17(15)20/h7,14-17H,3-6,8-12H2,1-2H3,(H,23,24)/t14-,15-,16-,17-,20-,21-/m0/s1. The lowest BCUT2D eigenvalue weighted by Gasteiger charge is -2.59. The van der Waals surface area contributed by atoms with Gasteiger partial charge in [0.1, 0.15) is 5.78 Å². The zero-order valence-electron chi connectivity index (χ0n) is 15.0. The summed E-state index contributed by atoms with van der Waals surface area (Å²) in [5, 5.41) is 9.10. The summed E-state index contributed by atoms with van der Waals surface area (Å²) in [7, 11) is 0. The van der Waals surface area contributed by atoms with Gasteiger partial charge in [-0.3, -0.25) is 9.59 Å². The van der Waals surface area contributed by atoms with Crippen LogP contribution in [0.4, 0.5) is 0 Å². The van der Waals surface area contributed by atoms with Crippen molar-refractivity contribution < 1.29 is 14.7 Å². The Kier molecular flexibility index (Phi) is 3.71. The molecule has 0 aromatic rings. The summed E-state index contributed by atoms with van der Waals surface area (Å²) in [6.07, 6.45) is 11.1. The summed E-state index contributed by atoms with van der Waals surface area (Å²) in [4.78, 5) is 23.5. The monoisotopic (exact) mass is 330 g/mol. The lowest BCUT2D eigenvalue weighted by molar-refractivity contribution is -0.137. The van der Waals surface area contributed by atoms with Gasteiger partial charge >= 0.3 is 5.97 Å². The fourth-order valence-electron chi connectivity index (χ4n) is 7.06. The van der Waals surface area contributed by atoms with Crippen LogP contribution in [0.15, 0.2) is 11.6 Å². The van der Waals surface area contributed by atoms with E-state index in [9.17, 15) is 9.59 Å². The first-order valence-corrected chi connectivity index (χ1v) is 9.77. The van der Waals surface area contributed by atoms with E-state index in [0.29, 0.717) is 29.0 Å². The van der Waals surface area contributed by atoms with Crippen molar-refractivity contribution >= 4 is 11.8 Å². The van der Waals surface area contributed by atoms with E-state index in [0.717, 1.165) is 43.6 Å². The van der Waals surface area contributed by atoms with Gasteiger partial charge < -0.3 is 5.11 Å².